The summed E-state index contributed by atoms with van der Waals surface area (Å²) in [4.78, 5) is 9.94. The van der Waals surface area contributed by atoms with Crippen molar-refractivity contribution in [1.82, 2.24) is 10.2 Å². The molecule has 0 bridgehead atoms. The lowest BCUT2D eigenvalue weighted by molar-refractivity contribution is -0.389. The van der Waals surface area contributed by atoms with Crippen molar-refractivity contribution in [3.8, 4) is 0 Å². The van der Waals surface area contributed by atoms with Crippen LogP contribution in [0.2, 0.25) is 0 Å². The molecule has 0 atom stereocenters. The maximum absolute atomic E-state index is 10.4. The van der Waals surface area contributed by atoms with Crippen LogP contribution in [0.5, 0.6) is 0 Å². The highest BCUT2D eigenvalue weighted by Gasteiger charge is 2.35. The quantitative estimate of drug-likeness (QED) is 0.545. The fourth-order valence-corrected chi connectivity index (χ4v) is 1.92. The van der Waals surface area contributed by atoms with Gasteiger partial charge in [-0.15, -0.1) is 5.10 Å². The Labute approximate surface area is 80.6 Å². The maximum atomic E-state index is 10.4. The van der Waals surface area contributed by atoms with E-state index in [1.165, 1.54) is 6.07 Å². The molecule has 1 heterocycles. The highest BCUT2D eigenvalue weighted by Crippen LogP contribution is 2.35. The van der Waals surface area contributed by atoms with Crippen molar-refractivity contribution in [3.05, 3.63) is 21.9 Å². The van der Waals surface area contributed by atoms with Gasteiger partial charge in [0.1, 0.15) is 5.69 Å². The number of nitrogens with one attached hydrogen (secondary N) is 1. The molecule has 0 amide bonds. The molecule has 14 heavy (non-hydrogen) atoms. The molecule has 1 saturated carbocycles. The lowest BCUT2D eigenvalue weighted by Gasteiger charge is -2.18. The third-order valence-electron chi connectivity index (χ3n) is 2.77. The summed E-state index contributed by atoms with van der Waals surface area (Å²) >= 11 is 0. The second-order valence-electron chi connectivity index (χ2n) is 3.76. The Bertz CT molecular complexity index is 354. The van der Waals surface area contributed by atoms with Crippen LogP contribution < -0.4 is 5.73 Å². The topological polar surface area (TPSA) is 97.8 Å². The van der Waals surface area contributed by atoms with E-state index in [-0.39, 0.29) is 5.82 Å². The molecule has 0 aliphatic heterocycles. The third-order valence-corrected chi connectivity index (χ3v) is 2.77. The summed E-state index contributed by atoms with van der Waals surface area (Å²) in [7, 11) is 0. The fraction of sp³-hybridized carbons (Fsp3) is 0.625. The Balaban J connectivity index is 2.28. The van der Waals surface area contributed by atoms with Crippen molar-refractivity contribution in [2.75, 3.05) is 0 Å². The first-order chi connectivity index (χ1) is 6.62. The summed E-state index contributed by atoms with van der Waals surface area (Å²) in [6, 6.07) is 1.44. The Kier molecular flexibility index (Phi) is 1.99. The first-order valence-electron chi connectivity index (χ1n) is 4.61. The summed E-state index contributed by atoms with van der Waals surface area (Å²) in [5.74, 6) is -0.0864. The number of aromatic amines is 1. The molecule has 1 aromatic heterocycles. The molecule has 6 nitrogen and oxygen atoms in total. The molecule has 1 aliphatic rings. The highest BCUT2D eigenvalue weighted by atomic mass is 16.6. The summed E-state index contributed by atoms with van der Waals surface area (Å²) < 4.78 is 0. The van der Waals surface area contributed by atoms with Crippen LogP contribution in [0.3, 0.4) is 0 Å². The number of H-pyrrole nitrogens is 1. The van der Waals surface area contributed by atoms with Crippen molar-refractivity contribution in [2.45, 2.75) is 31.2 Å². The number of aromatic nitrogens is 2. The SMILES string of the molecule is NC1(c2cc([N+](=O)[O-])[nH]n2)CCCC1. The summed E-state index contributed by atoms with van der Waals surface area (Å²) in [5.41, 5.74) is 6.25. The number of hydrogen-bond acceptors (Lipinski definition) is 4. The number of rotatable bonds is 2. The van der Waals surface area contributed by atoms with E-state index < -0.39 is 10.5 Å². The van der Waals surface area contributed by atoms with Crippen LogP contribution in [0.4, 0.5) is 5.82 Å². The zero-order valence-electron chi connectivity index (χ0n) is 7.69. The minimum absolute atomic E-state index is 0.0864. The van der Waals surface area contributed by atoms with Gasteiger partial charge in [0.2, 0.25) is 0 Å². The summed E-state index contributed by atoms with van der Waals surface area (Å²) in [5, 5.41) is 16.7. The fourth-order valence-electron chi connectivity index (χ4n) is 1.92. The lowest BCUT2D eigenvalue weighted by Crippen LogP contribution is -2.33. The summed E-state index contributed by atoms with van der Waals surface area (Å²) in [6.07, 6.45) is 3.85. The van der Waals surface area contributed by atoms with Gasteiger partial charge in [-0.2, -0.15) is 0 Å². The van der Waals surface area contributed by atoms with Crippen LogP contribution in [0, 0.1) is 10.1 Å². The predicted octanol–water partition coefficient (Wildman–Crippen LogP) is 1.05. The Morgan fingerprint density at radius 1 is 1.57 bits per heavy atom. The van der Waals surface area contributed by atoms with E-state index >= 15 is 0 Å². The number of nitrogens with zero attached hydrogens (tertiary/aromatic N) is 2. The van der Waals surface area contributed by atoms with Gasteiger partial charge in [-0.25, -0.2) is 0 Å². The van der Waals surface area contributed by atoms with E-state index in [1.54, 1.807) is 0 Å². The van der Waals surface area contributed by atoms with Crippen LogP contribution in [-0.4, -0.2) is 15.1 Å². The largest absolute Gasteiger partial charge is 0.358 e. The third kappa shape index (κ3) is 1.37. The predicted molar refractivity (Wildman–Crippen MR) is 49.6 cm³/mol. The molecule has 0 saturated heterocycles. The highest BCUT2D eigenvalue weighted by molar-refractivity contribution is 5.26. The zero-order chi connectivity index (χ0) is 10.2. The molecule has 1 fully saturated rings. The second kappa shape index (κ2) is 3.06. The van der Waals surface area contributed by atoms with Crippen LogP contribution >= 0.6 is 0 Å². The van der Waals surface area contributed by atoms with Gasteiger partial charge in [-0.3, -0.25) is 0 Å². The lowest BCUT2D eigenvalue weighted by atomic mass is 9.95. The molecule has 0 aromatic carbocycles. The summed E-state index contributed by atoms with van der Waals surface area (Å²) in [6.45, 7) is 0. The van der Waals surface area contributed by atoms with Crippen molar-refractivity contribution in [3.63, 3.8) is 0 Å². The normalized spacial score (nSPS) is 19.8. The minimum Gasteiger partial charge on any atom is -0.358 e. The Morgan fingerprint density at radius 2 is 2.21 bits per heavy atom. The van der Waals surface area contributed by atoms with Gasteiger partial charge in [-0.1, -0.05) is 17.9 Å². The second-order valence-corrected chi connectivity index (χ2v) is 3.76. The van der Waals surface area contributed by atoms with Crippen LogP contribution in [0.1, 0.15) is 31.4 Å². The Morgan fingerprint density at radius 3 is 2.71 bits per heavy atom. The van der Waals surface area contributed by atoms with Gasteiger partial charge in [0, 0.05) is 0 Å². The molecule has 1 aromatic rings. The molecule has 3 N–H and O–H groups in total. The van der Waals surface area contributed by atoms with Gasteiger partial charge >= 0.3 is 5.82 Å². The first-order valence-corrected chi connectivity index (χ1v) is 4.61. The molecule has 6 heteroatoms. The molecular formula is C8H12N4O2. The van der Waals surface area contributed by atoms with Crippen LogP contribution in [0.15, 0.2) is 6.07 Å². The molecule has 0 radical (unpaired) electrons. The molecule has 76 valence electrons. The van der Waals surface area contributed by atoms with Gasteiger partial charge < -0.3 is 15.8 Å². The standard InChI is InChI=1S/C8H12N4O2/c9-8(3-1-2-4-8)6-5-7(11-10-6)12(13)14/h5H,1-4,9H2,(H,10,11). The van der Waals surface area contributed by atoms with Gasteiger partial charge in [0.05, 0.1) is 11.6 Å². The Hall–Kier alpha value is -1.43. The average molecular weight is 196 g/mol. The van der Waals surface area contributed by atoms with Gasteiger partial charge in [0.15, 0.2) is 0 Å². The van der Waals surface area contributed by atoms with E-state index in [2.05, 4.69) is 10.2 Å². The first kappa shape index (κ1) is 9.14. The van der Waals surface area contributed by atoms with Crippen molar-refractivity contribution in [1.29, 1.82) is 0 Å². The molecular weight excluding hydrogens is 184 g/mol. The van der Waals surface area contributed by atoms with Crippen LogP contribution in [0.25, 0.3) is 0 Å². The van der Waals surface area contributed by atoms with Crippen molar-refractivity contribution < 1.29 is 4.92 Å². The molecule has 2 rings (SSSR count). The smallest absolute Gasteiger partial charge is 0.342 e. The molecule has 1 aliphatic carbocycles. The van der Waals surface area contributed by atoms with E-state index in [1.807, 2.05) is 0 Å². The van der Waals surface area contributed by atoms with Crippen molar-refractivity contribution >= 4 is 5.82 Å². The van der Waals surface area contributed by atoms with Gasteiger partial charge in [-0.05, 0) is 17.8 Å². The van der Waals surface area contributed by atoms with E-state index in [4.69, 9.17) is 5.73 Å². The van der Waals surface area contributed by atoms with E-state index in [0.717, 1.165) is 25.7 Å². The number of nitro groups is 1. The zero-order valence-corrected chi connectivity index (χ0v) is 7.69. The average Bonchev–Trinajstić information content (AvgIpc) is 2.71. The van der Waals surface area contributed by atoms with Gasteiger partial charge in [0.25, 0.3) is 0 Å². The van der Waals surface area contributed by atoms with E-state index in [0.29, 0.717) is 5.69 Å². The molecule has 0 spiro atoms. The van der Waals surface area contributed by atoms with Crippen LogP contribution in [-0.2, 0) is 5.54 Å². The molecule has 0 unspecified atom stereocenters. The monoisotopic (exact) mass is 196 g/mol. The van der Waals surface area contributed by atoms with Crippen molar-refractivity contribution in [2.24, 2.45) is 5.73 Å². The number of nitrogens with two attached hydrogens (primary N) is 1. The maximum Gasteiger partial charge on any atom is 0.342 e. The number of hydrogen-bond donors (Lipinski definition) is 2. The minimum atomic E-state index is -0.491. The van der Waals surface area contributed by atoms with E-state index in [9.17, 15) is 10.1 Å².